The molecule has 1 atom stereocenters. The number of amides is 1. The number of ether oxygens (including phenoxy) is 1. The van der Waals surface area contributed by atoms with Crippen LogP contribution in [0, 0.1) is 0 Å². The van der Waals surface area contributed by atoms with Crippen molar-refractivity contribution in [2.45, 2.75) is 48.7 Å². The van der Waals surface area contributed by atoms with Crippen LogP contribution < -0.4 is 10.6 Å². The number of hydrogen-bond donors (Lipinski definition) is 2. The Kier molecular flexibility index (Phi) is 6.72. The molecule has 8 heteroatoms. The summed E-state index contributed by atoms with van der Waals surface area (Å²) >= 11 is 2.96. The van der Waals surface area contributed by atoms with Crippen molar-refractivity contribution in [3.8, 4) is 0 Å². The lowest BCUT2D eigenvalue weighted by atomic mass is 10.4. The van der Waals surface area contributed by atoms with Crippen LogP contribution in [0.15, 0.2) is 4.34 Å². The predicted molar refractivity (Wildman–Crippen MR) is 86.0 cm³/mol. The fraction of sp³-hybridized carbons (Fsp3) is 0.769. The van der Waals surface area contributed by atoms with E-state index in [4.69, 9.17) is 4.74 Å². The highest BCUT2D eigenvalue weighted by molar-refractivity contribution is 8.02. The third-order valence-corrected chi connectivity index (χ3v) is 4.97. The average Bonchev–Trinajstić information content (AvgIpc) is 3.17. The van der Waals surface area contributed by atoms with E-state index in [1.54, 1.807) is 0 Å². The van der Waals surface area contributed by atoms with Crippen LogP contribution >= 0.6 is 23.1 Å². The van der Waals surface area contributed by atoms with Gasteiger partial charge < -0.3 is 15.4 Å². The number of hydrogen-bond acceptors (Lipinski definition) is 7. The molecule has 1 aliphatic carbocycles. The zero-order valence-electron chi connectivity index (χ0n) is 12.4. The Morgan fingerprint density at radius 1 is 1.52 bits per heavy atom. The largest absolute Gasteiger partial charge is 0.382 e. The Hall–Kier alpha value is -0.860. The van der Waals surface area contributed by atoms with Crippen molar-refractivity contribution in [3.05, 3.63) is 0 Å². The van der Waals surface area contributed by atoms with Gasteiger partial charge in [0, 0.05) is 25.8 Å². The second kappa shape index (κ2) is 8.55. The second-order valence-electron chi connectivity index (χ2n) is 4.89. The number of aromatic nitrogens is 2. The van der Waals surface area contributed by atoms with Gasteiger partial charge in [0.1, 0.15) is 0 Å². The third-order valence-electron chi connectivity index (χ3n) is 2.93. The molecule has 1 amide bonds. The molecule has 6 nitrogen and oxygen atoms in total. The third kappa shape index (κ3) is 6.19. The summed E-state index contributed by atoms with van der Waals surface area (Å²) in [5.74, 6) is 0.0309. The van der Waals surface area contributed by atoms with Crippen LogP contribution in [0.1, 0.15) is 33.1 Å². The van der Waals surface area contributed by atoms with E-state index in [1.807, 2.05) is 13.8 Å². The number of nitrogens with zero attached hydrogens (tertiary/aromatic N) is 2. The van der Waals surface area contributed by atoms with Crippen LogP contribution in [0.5, 0.6) is 0 Å². The standard InChI is InChI=1S/C13H22N4O2S2/c1-3-19-8-4-7-14-11(18)9(2)20-13-17-16-12(21-13)15-10-5-6-10/h9-10H,3-8H2,1-2H3,(H,14,18)(H,15,16). The van der Waals surface area contributed by atoms with Crippen LogP contribution in [0.25, 0.3) is 0 Å². The van der Waals surface area contributed by atoms with Gasteiger partial charge in [-0.25, -0.2) is 0 Å². The van der Waals surface area contributed by atoms with Gasteiger partial charge in [-0.05, 0) is 33.1 Å². The van der Waals surface area contributed by atoms with E-state index >= 15 is 0 Å². The first-order valence-corrected chi connectivity index (χ1v) is 9.00. The van der Waals surface area contributed by atoms with Crippen molar-refractivity contribution in [1.82, 2.24) is 15.5 Å². The summed E-state index contributed by atoms with van der Waals surface area (Å²) in [6, 6.07) is 0.571. The van der Waals surface area contributed by atoms with Crippen LogP contribution in [-0.2, 0) is 9.53 Å². The Morgan fingerprint density at radius 2 is 2.33 bits per heavy atom. The fourth-order valence-electron chi connectivity index (χ4n) is 1.60. The molecule has 0 saturated heterocycles. The van der Waals surface area contributed by atoms with Crippen LogP contribution in [0.3, 0.4) is 0 Å². The zero-order chi connectivity index (χ0) is 15.1. The minimum absolute atomic E-state index is 0.0309. The maximum Gasteiger partial charge on any atom is 0.233 e. The minimum Gasteiger partial charge on any atom is -0.382 e. The first-order valence-electron chi connectivity index (χ1n) is 7.31. The van der Waals surface area contributed by atoms with Gasteiger partial charge in [-0.1, -0.05) is 23.1 Å². The molecule has 1 heterocycles. The second-order valence-corrected chi connectivity index (χ2v) is 7.46. The molecule has 0 aliphatic heterocycles. The van der Waals surface area contributed by atoms with E-state index in [9.17, 15) is 4.79 Å². The van der Waals surface area contributed by atoms with Gasteiger partial charge in [0.2, 0.25) is 11.0 Å². The number of nitrogens with one attached hydrogen (secondary N) is 2. The first kappa shape index (κ1) is 16.5. The average molecular weight is 330 g/mol. The van der Waals surface area contributed by atoms with Crippen molar-refractivity contribution in [2.75, 3.05) is 25.1 Å². The highest BCUT2D eigenvalue weighted by Crippen LogP contribution is 2.31. The summed E-state index contributed by atoms with van der Waals surface area (Å²) in [4.78, 5) is 11.9. The van der Waals surface area contributed by atoms with Crippen molar-refractivity contribution in [1.29, 1.82) is 0 Å². The van der Waals surface area contributed by atoms with Crippen molar-refractivity contribution >= 4 is 34.1 Å². The number of anilines is 1. The van der Waals surface area contributed by atoms with Crippen molar-refractivity contribution in [3.63, 3.8) is 0 Å². The van der Waals surface area contributed by atoms with Crippen LogP contribution in [0.4, 0.5) is 5.13 Å². The molecule has 1 fully saturated rings. The molecule has 2 N–H and O–H groups in total. The Balaban J connectivity index is 1.66. The SMILES string of the molecule is CCOCCCNC(=O)C(C)Sc1nnc(NC2CC2)s1. The molecular formula is C13H22N4O2S2. The molecule has 1 saturated carbocycles. The summed E-state index contributed by atoms with van der Waals surface area (Å²) in [5.41, 5.74) is 0. The van der Waals surface area contributed by atoms with Gasteiger partial charge in [-0.2, -0.15) is 0 Å². The topological polar surface area (TPSA) is 76.1 Å². The molecule has 1 aliphatic rings. The quantitative estimate of drug-likeness (QED) is 0.506. The maximum absolute atomic E-state index is 11.9. The maximum atomic E-state index is 11.9. The van der Waals surface area contributed by atoms with E-state index in [0.717, 1.165) is 15.9 Å². The van der Waals surface area contributed by atoms with Crippen LogP contribution in [-0.4, -0.2) is 47.2 Å². The lowest BCUT2D eigenvalue weighted by molar-refractivity contribution is -0.120. The lowest BCUT2D eigenvalue weighted by Crippen LogP contribution is -2.32. The monoisotopic (exact) mass is 330 g/mol. The van der Waals surface area contributed by atoms with Crippen LogP contribution in [0.2, 0.25) is 0 Å². The van der Waals surface area contributed by atoms with Crippen molar-refractivity contribution in [2.24, 2.45) is 0 Å². The van der Waals surface area contributed by atoms with E-state index < -0.39 is 0 Å². The molecule has 2 rings (SSSR count). The summed E-state index contributed by atoms with van der Waals surface area (Å²) in [6.45, 7) is 5.90. The Labute approximate surface area is 133 Å². The van der Waals surface area contributed by atoms with E-state index in [-0.39, 0.29) is 11.2 Å². The molecule has 21 heavy (non-hydrogen) atoms. The molecule has 1 aromatic rings. The first-order chi connectivity index (χ1) is 10.2. The van der Waals surface area contributed by atoms with Gasteiger partial charge in [-0.3, -0.25) is 4.79 Å². The molecule has 0 radical (unpaired) electrons. The van der Waals surface area contributed by atoms with Gasteiger partial charge in [0.15, 0.2) is 4.34 Å². The summed E-state index contributed by atoms with van der Waals surface area (Å²) in [7, 11) is 0. The molecule has 0 bridgehead atoms. The number of carbonyl (C=O) groups excluding carboxylic acids is 1. The van der Waals surface area contributed by atoms with Gasteiger partial charge in [-0.15, -0.1) is 10.2 Å². The summed E-state index contributed by atoms with van der Waals surface area (Å²) in [5, 5.41) is 15.1. The zero-order valence-corrected chi connectivity index (χ0v) is 14.1. The fourth-order valence-corrected chi connectivity index (χ4v) is 3.59. The number of carbonyl (C=O) groups is 1. The molecule has 0 spiro atoms. The minimum atomic E-state index is -0.168. The number of rotatable bonds is 10. The number of thioether (sulfide) groups is 1. The van der Waals surface area contributed by atoms with E-state index in [2.05, 4.69) is 20.8 Å². The lowest BCUT2D eigenvalue weighted by Gasteiger charge is -2.10. The van der Waals surface area contributed by atoms with E-state index in [0.29, 0.717) is 25.8 Å². The van der Waals surface area contributed by atoms with Gasteiger partial charge in [0.25, 0.3) is 0 Å². The van der Waals surface area contributed by atoms with Gasteiger partial charge >= 0.3 is 0 Å². The Bertz CT molecular complexity index is 451. The molecule has 1 unspecified atom stereocenters. The Morgan fingerprint density at radius 3 is 3.05 bits per heavy atom. The predicted octanol–water partition coefficient (Wildman–Crippen LogP) is 2.14. The highest BCUT2D eigenvalue weighted by Gasteiger charge is 2.23. The highest BCUT2D eigenvalue weighted by atomic mass is 32.2. The molecule has 118 valence electrons. The molecule has 0 aromatic carbocycles. The van der Waals surface area contributed by atoms with E-state index in [1.165, 1.54) is 35.9 Å². The summed E-state index contributed by atoms with van der Waals surface area (Å²) < 4.78 is 6.06. The van der Waals surface area contributed by atoms with Gasteiger partial charge in [0.05, 0.1) is 5.25 Å². The van der Waals surface area contributed by atoms with Crippen molar-refractivity contribution < 1.29 is 9.53 Å². The smallest absolute Gasteiger partial charge is 0.233 e. The molecule has 1 aromatic heterocycles. The summed E-state index contributed by atoms with van der Waals surface area (Å²) in [6.07, 6.45) is 3.26. The molecular weight excluding hydrogens is 308 g/mol. The normalized spacial score (nSPS) is 15.7.